The summed E-state index contributed by atoms with van der Waals surface area (Å²) in [6, 6.07) is 33.2. The third kappa shape index (κ3) is 7.81. The van der Waals surface area contributed by atoms with E-state index < -0.39 is 0 Å². The zero-order valence-electron chi connectivity index (χ0n) is 12.8. The normalized spacial score (nSPS) is 8.73. The van der Waals surface area contributed by atoms with Gasteiger partial charge in [-0.15, -0.1) is 0 Å². The van der Waals surface area contributed by atoms with Crippen LogP contribution in [-0.4, -0.2) is 6.79 Å². The second-order valence-electron chi connectivity index (χ2n) is 4.63. The lowest BCUT2D eigenvalue weighted by Crippen LogP contribution is -1.89. The molecule has 0 spiro atoms. The molecule has 0 aliphatic carbocycles. The zero-order chi connectivity index (χ0) is 15.9. The van der Waals surface area contributed by atoms with Gasteiger partial charge in [0.05, 0.1) is 0 Å². The number of carbonyl (C=O) groups excluding carboxylic acids is 1. The van der Waals surface area contributed by atoms with E-state index in [9.17, 15) is 0 Å². The smallest absolute Gasteiger partial charge is 0.106 e. The van der Waals surface area contributed by atoms with Crippen LogP contribution < -0.4 is 0 Å². The Morgan fingerprint density at radius 2 is 0.682 bits per heavy atom. The van der Waals surface area contributed by atoms with Crippen LogP contribution in [0.4, 0.5) is 0 Å². The SMILES string of the molecule is C=O.c1ccc(CCc2ccccc2)cc1.c1ccccc1. The fourth-order valence-electron chi connectivity index (χ4n) is 1.96. The molecule has 0 aromatic heterocycles. The molecule has 112 valence electrons. The van der Waals surface area contributed by atoms with Crippen LogP contribution in [0, 0.1) is 0 Å². The van der Waals surface area contributed by atoms with Gasteiger partial charge in [-0.1, -0.05) is 97.1 Å². The van der Waals surface area contributed by atoms with Gasteiger partial charge in [-0.2, -0.15) is 0 Å². The van der Waals surface area contributed by atoms with E-state index in [0.29, 0.717) is 0 Å². The number of hydrogen-bond donors (Lipinski definition) is 0. The lowest BCUT2D eigenvalue weighted by Gasteiger charge is -2.01. The molecular formula is C21H22O. The second-order valence-corrected chi connectivity index (χ2v) is 4.63. The van der Waals surface area contributed by atoms with E-state index in [2.05, 4.69) is 60.7 Å². The molecule has 1 nitrogen and oxygen atoms in total. The van der Waals surface area contributed by atoms with Crippen molar-refractivity contribution >= 4 is 6.79 Å². The van der Waals surface area contributed by atoms with Crippen LogP contribution in [0.1, 0.15) is 11.1 Å². The fourth-order valence-corrected chi connectivity index (χ4v) is 1.96. The molecule has 0 aliphatic rings. The van der Waals surface area contributed by atoms with Gasteiger partial charge in [0, 0.05) is 0 Å². The van der Waals surface area contributed by atoms with E-state index in [1.807, 2.05) is 43.2 Å². The summed E-state index contributed by atoms with van der Waals surface area (Å²) in [6.07, 6.45) is 2.26. The van der Waals surface area contributed by atoms with E-state index in [4.69, 9.17) is 4.79 Å². The highest BCUT2D eigenvalue weighted by Crippen LogP contribution is 2.06. The van der Waals surface area contributed by atoms with Crippen LogP contribution in [-0.2, 0) is 17.6 Å². The largest absolute Gasteiger partial charge is 0.307 e. The molecule has 22 heavy (non-hydrogen) atoms. The standard InChI is InChI=1S/C14H14.C6H6.CH2O/c1-3-7-13(8-4-1)11-12-14-9-5-2-6-10-14;1-2-4-6-5-3-1;1-2/h1-10H,11-12H2;1-6H;1H2. The molecule has 0 saturated heterocycles. The van der Waals surface area contributed by atoms with Crippen molar-refractivity contribution in [1.82, 2.24) is 0 Å². The van der Waals surface area contributed by atoms with Gasteiger partial charge in [-0.25, -0.2) is 0 Å². The molecular weight excluding hydrogens is 268 g/mol. The topological polar surface area (TPSA) is 17.1 Å². The molecule has 1 heteroatoms. The van der Waals surface area contributed by atoms with Crippen LogP contribution in [0.5, 0.6) is 0 Å². The summed E-state index contributed by atoms with van der Waals surface area (Å²) < 4.78 is 0. The molecule has 0 heterocycles. The van der Waals surface area contributed by atoms with Gasteiger partial charge in [0.25, 0.3) is 0 Å². The van der Waals surface area contributed by atoms with Crippen molar-refractivity contribution in [3.05, 3.63) is 108 Å². The third-order valence-corrected chi connectivity index (χ3v) is 3.05. The highest BCUT2D eigenvalue weighted by atomic mass is 16.1. The van der Waals surface area contributed by atoms with Crippen molar-refractivity contribution in [2.45, 2.75) is 12.8 Å². The van der Waals surface area contributed by atoms with Crippen LogP contribution in [0.3, 0.4) is 0 Å². The summed E-state index contributed by atoms with van der Waals surface area (Å²) in [5, 5.41) is 0. The summed E-state index contributed by atoms with van der Waals surface area (Å²) in [5.74, 6) is 0. The van der Waals surface area contributed by atoms with Crippen molar-refractivity contribution in [1.29, 1.82) is 0 Å². The van der Waals surface area contributed by atoms with Gasteiger partial charge in [-0.05, 0) is 24.0 Å². The minimum atomic E-state index is 1.13. The van der Waals surface area contributed by atoms with Crippen molar-refractivity contribution < 1.29 is 4.79 Å². The molecule has 0 amide bonds. The predicted molar refractivity (Wildman–Crippen MR) is 93.9 cm³/mol. The Kier molecular flexibility index (Phi) is 9.56. The Balaban J connectivity index is 0.000000253. The average molecular weight is 290 g/mol. The molecule has 0 unspecified atom stereocenters. The van der Waals surface area contributed by atoms with E-state index >= 15 is 0 Å². The predicted octanol–water partition coefficient (Wildman–Crippen LogP) is 4.97. The number of benzene rings is 3. The van der Waals surface area contributed by atoms with E-state index in [1.54, 1.807) is 0 Å². The molecule has 0 atom stereocenters. The van der Waals surface area contributed by atoms with Gasteiger partial charge < -0.3 is 4.79 Å². The van der Waals surface area contributed by atoms with Crippen LogP contribution >= 0.6 is 0 Å². The molecule has 0 fully saturated rings. The van der Waals surface area contributed by atoms with Crippen LogP contribution in [0.15, 0.2) is 97.1 Å². The fraction of sp³-hybridized carbons (Fsp3) is 0.0952. The van der Waals surface area contributed by atoms with Crippen molar-refractivity contribution in [2.75, 3.05) is 0 Å². The molecule has 3 aromatic carbocycles. The molecule has 0 bridgehead atoms. The first-order valence-electron chi connectivity index (χ1n) is 7.32. The Morgan fingerprint density at radius 1 is 0.455 bits per heavy atom. The lowest BCUT2D eigenvalue weighted by atomic mass is 10.0. The monoisotopic (exact) mass is 290 g/mol. The van der Waals surface area contributed by atoms with Crippen molar-refractivity contribution in [3.63, 3.8) is 0 Å². The molecule has 3 aromatic rings. The first-order valence-corrected chi connectivity index (χ1v) is 7.32. The van der Waals surface area contributed by atoms with Gasteiger partial charge in [0.15, 0.2) is 0 Å². The van der Waals surface area contributed by atoms with Gasteiger partial charge in [-0.3, -0.25) is 0 Å². The Morgan fingerprint density at radius 3 is 0.955 bits per heavy atom. The number of hydrogen-bond acceptors (Lipinski definition) is 1. The van der Waals surface area contributed by atoms with Gasteiger partial charge in [0.2, 0.25) is 0 Å². The average Bonchev–Trinajstić information content (AvgIpc) is 2.65. The molecule has 3 rings (SSSR count). The van der Waals surface area contributed by atoms with Gasteiger partial charge >= 0.3 is 0 Å². The summed E-state index contributed by atoms with van der Waals surface area (Å²) in [5.41, 5.74) is 2.83. The minimum Gasteiger partial charge on any atom is -0.307 e. The number of carbonyl (C=O) groups is 1. The summed E-state index contributed by atoms with van der Waals surface area (Å²) in [4.78, 5) is 8.00. The summed E-state index contributed by atoms with van der Waals surface area (Å²) in [7, 11) is 0. The summed E-state index contributed by atoms with van der Waals surface area (Å²) >= 11 is 0. The molecule has 0 saturated carbocycles. The quantitative estimate of drug-likeness (QED) is 0.665. The number of rotatable bonds is 3. The van der Waals surface area contributed by atoms with Crippen LogP contribution in [0.2, 0.25) is 0 Å². The van der Waals surface area contributed by atoms with E-state index in [-0.39, 0.29) is 0 Å². The lowest BCUT2D eigenvalue weighted by molar-refractivity contribution is -0.0979. The molecule has 0 radical (unpaired) electrons. The van der Waals surface area contributed by atoms with E-state index in [1.165, 1.54) is 11.1 Å². The third-order valence-electron chi connectivity index (χ3n) is 3.05. The minimum absolute atomic E-state index is 1.13. The number of aryl methyl sites for hydroxylation is 2. The maximum Gasteiger partial charge on any atom is 0.106 e. The van der Waals surface area contributed by atoms with Gasteiger partial charge in [0.1, 0.15) is 6.79 Å². The highest BCUT2D eigenvalue weighted by molar-refractivity contribution is 5.19. The van der Waals surface area contributed by atoms with E-state index in [0.717, 1.165) is 12.8 Å². The van der Waals surface area contributed by atoms with Crippen LogP contribution in [0.25, 0.3) is 0 Å². The Bertz CT molecular complexity index is 510. The second kappa shape index (κ2) is 12.1. The van der Waals surface area contributed by atoms with Crippen molar-refractivity contribution in [2.24, 2.45) is 0 Å². The molecule has 0 aliphatic heterocycles. The zero-order valence-corrected chi connectivity index (χ0v) is 12.8. The van der Waals surface area contributed by atoms with Crippen molar-refractivity contribution in [3.8, 4) is 0 Å². The highest BCUT2D eigenvalue weighted by Gasteiger charge is 1.93. The Labute approximate surface area is 133 Å². The maximum absolute atomic E-state index is 8.00. The first kappa shape index (κ1) is 17.4. The maximum atomic E-state index is 8.00. The first-order chi connectivity index (χ1) is 10.9. The molecule has 0 N–H and O–H groups in total. The summed E-state index contributed by atoms with van der Waals surface area (Å²) in [6.45, 7) is 2.00. The Hall–Kier alpha value is -2.67.